The van der Waals surface area contributed by atoms with Crippen LogP contribution in [0.1, 0.15) is 12.5 Å². The molecular weight excluding hydrogens is 426 g/mol. The van der Waals surface area contributed by atoms with Crippen LogP contribution in [0, 0.1) is 0 Å². The highest BCUT2D eigenvalue weighted by Crippen LogP contribution is 2.33. The fourth-order valence-corrected chi connectivity index (χ4v) is 3.80. The molecule has 0 aliphatic heterocycles. The van der Waals surface area contributed by atoms with Gasteiger partial charge in [0.2, 0.25) is 4.80 Å². The molecule has 1 aromatic heterocycles. The fourth-order valence-electron chi connectivity index (χ4n) is 2.98. The van der Waals surface area contributed by atoms with E-state index < -0.39 is 0 Å². The van der Waals surface area contributed by atoms with Crippen molar-refractivity contribution in [3.05, 3.63) is 64.3 Å². The third-order valence-electron chi connectivity index (χ3n) is 4.58. The zero-order valence-corrected chi connectivity index (χ0v) is 19.7. The van der Waals surface area contributed by atoms with E-state index >= 15 is 0 Å². The molecule has 1 heterocycles. The number of aromatic nitrogens is 1. The lowest BCUT2D eigenvalue weighted by atomic mass is 10.1. The van der Waals surface area contributed by atoms with Gasteiger partial charge in [-0.1, -0.05) is 12.2 Å². The third kappa shape index (κ3) is 5.20. The summed E-state index contributed by atoms with van der Waals surface area (Å²) in [5.74, 6) is 2.70. The Labute approximate surface area is 191 Å². The van der Waals surface area contributed by atoms with Gasteiger partial charge in [-0.25, -0.2) is 4.68 Å². The van der Waals surface area contributed by atoms with Crippen molar-refractivity contribution >= 4 is 17.6 Å². The zero-order valence-electron chi connectivity index (χ0n) is 18.9. The molecule has 0 saturated carbocycles. The highest BCUT2D eigenvalue weighted by Gasteiger charge is 2.14. The monoisotopic (exact) mass is 453 g/mol. The van der Waals surface area contributed by atoms with Gasteiger partial charge in [0.15, 0.2) is 11.5 Å². The number of ether oxygens (including phenoxy) is 4. The summed E-state index contributed by atoms with van der Waals surface area (Å²) in [7, 11) is 6.47. The Morgan fingerprint density at radius 1 is 0.969 bits per heavy atom. The van der Waals surface area contributed by atoms with Gasteiger partial charge in [-0.2, -0.15) is 5.10 Å². The standard InChI is InChI=1S/C24H27N3O4S/c1-16(2)13-25-24-27(26-14-17-7-10-21(29-4)23(11-17)31-6)20(15-32-24)19-9-8-18(28-3)12-22(19)30-5/h7-12,14-15H,1,13H2,2-6H3. The quantitative estimate of drug-likeness (QED) is 0.351. The third-order valence-corrected chi connectivity index (χ3v) is 5.44. The van der Waals surface area contributed by atoms with Crippen LogP contribution in [0.3, 0.4) is 0 Å². The highest BCUT2D eigenvalue weighted by molar-refractivity contribution is 7.07. The molecule has 0 aliphatic rings. The molecular formula is C24H27N3O4S. The predicted octanol–water partition coefficient (Wildman–Crippen LogP) is 4.61. The summed E-state index contributed by atoms with van der Waals surface area (Å²) in [5.41, 5.74) is 3.56. The second kappa shape index (κ2) is 10.7. The molecule has 0 radical (unpaired) electrons. The smallest absolute Gasteiger partial charge is 0.206 e. The molecule has 2 aromatic carbocycles. The van der Waals surface area contributed by atoms with E-state index in [4.69, 9.17) is 24.0 Å². The Morgan fingerprint density at radius 3 is 2.38 bits per heavy atom. The Balaban J connectivity index is 2.11. The van der Waals surface area contributed by atoms with Crippen LogP contribution in [0.15, 0.2) is 64.0 Å². The molecule has 0 saturated heterocycles. The van der Waals surface area contributed by atoms with E-state index in [-0.39, 0.29) is 0 Å². The van der Waals surface area contributed by atoms with Crippen LogP contribution in [0.5, 0.6) is 23.0 Å². The van der Waals surface area contributed by atoms with Crippen molar-refractivity contribution in [2.24, 2.45) is 10.1 Å². The molecule has 168 valence electrons. The SMILES string of the molecule is C=C(C)CN=c1scc(-c2ccc(OC)cc2OC)n1N=Cc1ccc(OC)c(OC)c1. The molecule has 0 spiro atoms. The Morgan fingerprint density at radius 2 is 1.72 bits per heavy atom. The molecule has 0 bridgehead atoms. The summed E-state index contributed by atoms with van der Waals surface area (Å²) in [6, 6.07) is 11.3. The van der Waals surface area contributed by atoms with Crippen molar-refractivity contribution in [1.29, 1.82) is 0 Å². The predicted molar refractivity (Wildman–Crippen MR) is 129 cm³/mol. The van der Waals surface area contributed by atoms with E-state index in [1.165, 1.54) is 11.3 Å². The van der Waals surface area contributed by atoms with Gasteiger partial charge in [-0.3, -0.25) is 4.99 Å². The Bertz CT molecular complexity index is 1190. The summed E-state index contributed by atoms with van der Waals surface area (Å²) < 4.78 is 23.5. The molecule has 0 amide bonds. The number of thiazole rings is 1. The first-order valence-corrected chi connectivity index (χ1v) is 10.7. The summed E-state index contributed by atoms with van der Waals surface area (Å²) in [5, 5.41) is 6.74. The zero-order chi connectivity index (χ0) is 23.1. The highest BCUT2D eigenvalue weighted by atomic mass is 32.1. The molecule has 0 fully saturated rings. The van der Waals surface area contributed by atoms with E-state index in [0.29, 0.717) is 29.5 Å². The first kappa shape index (κ1) is 23.1. The van der Waals surface area contributed by atoms with Crippen LogP contribution in [0.25, 0.3) is 11.3 Å². The van der Waals surface area contributed by atoms with Gasteiger partial charge in [-0.05, 0) is 42.8 Å². The van der Waals surface area contributed by atoms with E-state index in [9.17, 15) is 0 Å². The van der Waals surface area contributed by atoms with Crippen LogP contribution >= 0.6 is 11.3 Å². The summed E-state index contributed by atoms with van der Waals surface area (Å²) in [4.78, 5) is 5.42. The van der Waals surface area contributed by atoms with Gasteiger partial charge in [0.05, 0.1) is 46.9 Å². The lowest BCUT2D eigenvalue weighted by Crippen LogP contribution is -2.13. The lowest BCUT2D eigenvalue weighted by molar-refractivity contribution is 0.355. The van der Waals surface area contributed by atoms with E-state index in [2.05, 4.69) is 11.6 Å². The first-order chi connectivity index (χ1) is 15.5. The molecule has 8 heteroatoms. The van der Waals surface area contributed by atoms with Gasteiger partial charge < -0.3 is 18.9 Å². The Hall–Kier alpha value is -3.52. The maximum Gasteiger partial charge on any atom is 0.206 e. The van der Waals surface area contributed by atoms with Crippen molar-refractivity contribution in [3.63, 3.8) is 0 Å². The van der Waals surface area contributed by atoms with Gasteiger partial charge >= 0.3 is 0 Å². The second-order valence-electron chi connectivity index (χ2n) is 6.91. The minimum atomic E-state index is 0.519. The van der Waals surface area contributed by atoms with E-state index in [1.807, 2.05) is 48.7 Å². The van der Waals surface area contributed by atoms with Crippen molar-refractivity contribution < 1.29 is 18.9 Å². The van der Waals surface area contributed by atoms with Gasteiger partial charge in [0.25, 0.3) is 0 Å². The second-order valence-corrected chi connectivity index (χ2v) is 7.75. The number of hydrogen-bond donors (Lipinski definition) is 0. The van der Waals surface area contributed by atoms with Crippen molar-refractivity contribution in [1.82, 2.24) is 4.68 Å². The number of rotatable bonds is 9. The van der Waals surface area contributed by atoms with Gasteiger partial charge in [0.1, 0.15) is 11.5 Å². The lowest BCUT2D eigenvalue weighted by Gasteiger charge is -2.11. The first-order valence-electron chi connectivity index (χ1n) is 9.85. The number of nitrogens with zero attached hydrogens (tertiary/aromatic N) is 3. The molecule has 7 nitrogen and oxygen atoms in total. The van der Waals surface area contributed by atoms with Crippen LogP contribution in [-0.2, 0) is 0 Å². The van der Waals surface area contributed by atoms with Crippen molar-refractivity contribution in [2.45, 2.75) is 6.92 Å². The molecule has 0 atom stereocenters. The maximum atomic E-state index is 5.61. The van der Waals surface area contributed by atoms with Crippen molar-refractivity contribution in [3.8, 4) is 34.3 Å². The maximum absolute atomic E-state index is 5.61. The number of hydrogen-bond acceptors (Lipinski definition) is 7. The van der Waals surface area contributed by atoms with Gasteiger partial charge in [0, 0.05) is 17.0 Å². The van der Waals surface area contributed by atoms with Crippen LogP contribution < -0.4 is 23.7 Å². The average Bonchev–Trinajstić information content (AvgIpc) is 3.22. The van der Waals surface area contributed by atoms with Gasteiger partial charge in [-0.15, -0.1) is 11.3 Å². The van der Waals surface area contributed by atoms with E-state index in [0.717, 1.165) is 27.2 Å². The van der Waals surface area contributed by atoms with Crippen LogP contribution in [-0.4, -0.2) is 45.9 Å². The molecule has 3 aromatic rings. The average molecular weight is 454 g/mol. The normalized spacial score (nSPS) is 11.6. The summed E-state index contributed by atoms with van der Waals surface area (Å²) in [6.45, 7) is 6.41. The summed E-state index contributed by atoms with van der Waals surface area (Å²) >= 11 is 1.50. The van der Waals surface area contributed by atoms with Crippen LogP contribution in [0.2, 0.25) is 0 Å². The molecule has 0 unspecified atom stereocenters. The number of methoxy groups -OCH3 is 4. The molecule has 32 heavy (non-hydrogen) atoms. The Kier molecular flexibility index (Phi) is 7.72. The molecule has 3 rings (SSSR count). The summed E-state index contributed by atoms with van der Waals surface area (Å²) in [6.07, 6.45) is 1.76. The van der Waals surface area contributed by atoms with Crippen LogP contribution in [0.4, 0.5) is 0 Å². The molecule has 0 aliphatic carbocycles. The van der Waals surface area contributed by atoms with E-state index in [1.54, 1.807) is 39.3 Å². The van der Waals surface area contributed by atoms with Crippen molar-refractivity contribution in [2.75, 3.05) is 35.0 Å². The largest absolute Gasteiger partial charge is 0.497 e. The fraction of sp³-hybridized carbons (Fsp3) is 0.250. The minimum Gasteiger partial charge on any atom is -0.497 e. The number of benzene rings is 2. The topological polar surface area (TPSA) is 66.6 Å². The molecule has 0 N–H and O–H groups in total. The minimum absolute atomic E-state index is 0.519.